The van der Waals surface area contributed by atoms with Crippen molar-refractivity contribution in [2.24, 2.45) is 0 Å². The zero-order valence-electron chi connectivity index (χ0n) is 10.4. The van der Waals surface area contributed by atoms with Crippen molar-refractivity contribution in [3.63, 3.8) is 0 Å². The van der Waals surface area contributed by atoms with E-state index >= 15 is 0 Å². The lowest BCUT2D eigenvalue weighted by molar-refractivity contribution is 0.0507. The molecule has 2 saturated heterocycles. The Balaban J connectivity index is 1.57. The first kappa shape index (κ1) is 11.0. The summed E-state index contributed by atoms with van der Waals surface area (Å²) in [7, 11) is 0. The van der Waals surface area contributed by atoms with E-state index < -0.39 is 0 Å². The number of piperidine rings is 1. The maximum atomic E-state index is 5.58. The fraction of sp³-hybridized carbons (Fsp3) is 1.00. The lowest BCUT2D eigenvalue weighted by Gasteiger charge is -2.43. The van der Waals surface area contributed by atoms with E-state index in [0.717, 1.165) is 25.3 Å². The molecule has 1 aliphatic carbocycles. The highest BCUT2D eigenvalue weighted by molar-refractivity contribution is 4.95. The van der Waals surface area contributed by atoms with Crippen LogP contribution in [0.15, 0.2) is 0 Å². The topological polar surface area (TPSA) is 24.5 Å². The fourth-order valence-corrected chi connectivity index (χ4v) is 3.09. The summed E-state index contributed by atoms with van der Waals surface area (Å²) in [5, 5.41) is 3.78. The van der Waals surface area contributed by atoms with E-state index in [1.165, 1.54) is 45.2 Å². The normalized spacial score (nSPS) is 41.4. The molecule has 0 radical (unpaired) electrons. The first-order chi connectivity index (χ1) is 7.76. The first-order valence-electron chi connectivity index (χ1n) is 6.85. The molecule has 0 spiro atoms. The Morgan fingerprint density at radius 1 is 1.25 bits per heavy atom. The molecule has 2 atom stereocenters. The Kier molecular flexibility index (Phi) is 2.94. The Bertz CT molecular complexity index is 246. The van der Waals surface area contributed by atoms with Crippen LogP contribution in [-0.2, 0) is 4.74 Å². The number of rotatable bonds is 3. The molecule has 3 heteroatoms. The second kappa shape index (κ2) is 4.28. The van der Waals surface area contributed by atoms with Crippen molar-refractivity contribution in [1.82, 2.24) is 10.2 Å². The third-order valence-electron chi connectivity index (χ3n) is 4.43. The molecule has 2 aliphatic heterocycles. The molecule has 92 valence electrons. The van der Waals surface area contributed by atoms with Crippen molar-refractivity contribution >= 4 is 0 Å². The largest absolute Gasteiger partial charge is 0.379 e. The summed E-state index contributed by atoms with van der Waals surface area (Å²) in [4.78, 5) is 2.67. The maximum absolute atomic E-state index is 5.58. The summed E-state index contributed by atoms with van der Waals surface area (Å²) in [5.74, 6) is 0. The minimum absolute atomic E-state index is 0.323. The maximum Gasteiger partial charge on any atom is 0.0648 e. The molecule has 2 unspecified atom stereocenters. The van der Waals surface area contributed by atoms with Gasteiger partial charge in [0.1, 0.15) is 0 Å². The van der Waals surface area contributed by atoms with Crippen LogP contribution >= 0.6 is 0 Å². The van der Waals surface area contributed by atoms with Gasteiger partial charge in [-0.15, -0.1) is 0 Å². The monoisotopic (exact) mass is 224 g/mol. The van der Waals surface area contributed by atoms with E-state index in [2.05, 4.69) is 17.1 Å². The molecular formula is C13H24N2O. The van der Waals surface area contributed by atoms with Crippen LogP contribution in [0.2, 0.25) is 0 Å². The average Bonchev–Trinajstić information content (AvgIpc) is 2.99. The predicted molar refractivity (Wildman–Crippen MR) is 64.6 cm³/mol. The van der Waals surface area contributed by atoms with Crippen LogP contribution in [0.1, 0.15) is 39.0 Å². The van der Waals surface area contributed by atoms with Gasteiger partial charge < -0.3 is 10.1 Å². The average molecular weight is 224 g/mol. The van der Waals surface area contributed by atoms with E-state index in [4.69, 9.17) is 4.74 Å². The summed E-state index contributed by atoms with van der Waals surface area (Å²) in [6.45, 7) is 6.76. The predicted octanol–water partition coefficient (Wildman–Crippen LogP) is 1.38. The van der Waals surface area contributed by atoms with Crippen LogP contribution in [-0.4, -0.2) is 48.8 Å². The van der Waals surface area contributed by atoms with Crippen LogP contribution in [0, 0.1) is 0 Å². The van der Waals surface area contributed by atoms with Crippen molar-refractivity contribution < 1.29 is 4.74 Å². The van der Waals surface area contributed by atoms with Crippen LogP contribution in [0.3, 0.4) is 0 Å². The number of hydrogen-bond acceptors (Lipinski definition) is 3. The lowest BCUT2D eigenvalue weighted by Crippen LogP contribution is -2.55. The Hall–Kier alpha value is -0.120. The highest BCUT2D eigenvalue weighted by Gasteiger charge is 2.39. The molecule has 0 aromatic rings. The van der Waals surface area contributed by atoms with E-state index in [0.29, 0.717) is 5.54 Å². The fourth-order valence-electron chi connectivity index (χ4n) is 3.09. The minimum atomic E-state index is 0.323. The number of likely N-dealkylation sites (tertiary alicyclic amines) is 1. The van der Waals surface area contributed by atoms with Gasteiger partial charge in [-0.05, 0) is 45.6 Å². The van der Waals surface area contributed by atoms with E-state index in [1.807, 2.05) is 0 Å². The molecule has 16 heavy (non-hydrogen) atoms. The zero-order chi connectivity index (χ0) is 11.0. The second-order valence-electron chi connectivity index (χ2n) is 6.03. The number of nitrogens with zero attached hydrogens (tertiary/aromatic N) is 1. The molecule has 3 fully saturated rings. The third-order valence-corrected chi connectivity index (χ3v) is 4.43. The summed E-state index contributed by atoms with van der Waals surface area (Å²) in [5.41, 5.74) is 0.323. The number of hydrogen-bond donors (Lipinski definition) is 1. The molecule has 0 bridgehead atoms. The van der Waals surface area contributed by atoms with Gasteiger partial charge in [0.2, 0.25) is 0 Å². The highest BCUT2D eigenvalue weighted by Crippen LogP contribution is 2.29. The van der Waals surface area contributed by atoms with Crippen LogP contribution in [0.25, 0.3) is 0 Å². The molecule has 2 heterocycles. The minimum Gasteiger partial charge on any atom is -0.379 e. The summed E-state index contributed by atoms with van der Waals surface area (Å²) in [6.07, 6.45) is 6.72. The first-order valence-corrected chi connectivity index (χ1v) is 6.85. The highest BCUT2D eigenvalue weighted by atomic mass is 16.5. The van der Waals surface area contributed by atoms with Gasteiger partial charge in [0.05, 0.1) is 6.61 Å². The summed E-state index contributed by atoms with van der Waals surface area (Å²) in [6, 6.07) is 1.58. The summed E-state index contributed by atoms with van der Waals surface area (Å²) < 4.78 is 5.58. The van der Waals surface area contributed by atoms with Crippen molar-refractivity contribution in [3.05, 3.63) is 0 Å². The number of ether oxygens (including phenoxy) is 1. The van der Waals surface area contributed by atoms with Gasteiger partial charge in [-0.3, -0.25) is 4.90 Å². The Morgan fingerprint density at radius 3 is 2.81 bits per heavy atom. The molecule has 1 N–H and O–H groups in total. The van der Waals surface area contributed by atoms with Crippen LogP contribution in [0.4, 0.5) is 0 Å². The number of nitrogens with one attached hydrogen (secondary N) is 1. The molecule has 0 amide bonds. The molecule has 3 aliphatic rings. The zero-order valence-corrected chi connectivity index (χ0v) is 10.4. The van der Waals surface area contributed by atoms with Crippen molar-refractivity contribution in [2.45, 2.75) is 56.7 Å². The van der Waals surface area contributed by atoms with E-state index in [1.54, 1.807) is 0 Å². The quantitative estimate of drug-likeness (QED) is 0.784. The van der Waals surface area contributed by atoms with Gasteiger partial charge in [0, 0.05) is 30.8 Å². The molecule has 1 saturated carbocycles. The van der Waals surface area contributed by atoms with Gasteiger partial charge in [0.15, 0.2) is 0 Å². The molecule has 3 rings (SSSR count). The molecule has 0 aromatic heterocycles. The van der Waals surface area contributed by atoms with Crippen LogP contribution < -0.4 is 5.32 Å². The van der Waals surface area contributed by atoms with Gasteiger partial charge in [0.25, 0.3) is 0 Å². The third kappa shape index (κ3) is 2.27. The van der Waals surface area contributed by atoms with E-state index in [-0.39, 0.29) is 0 Å². The van der Waals surface area contributed by atoms with E-state index in [9.17, 15) is 0 Å². The SMILES string of the molecule is CC1(N2CCCC(NC3CC3)C2)CCOC1. The Morgan fingerprint density at radius 2 is 2.12 bits per heavy atom. The van der Waals surface area contributed by atoms with Crippen LogP contribution in [0.5, 0.6) is 0 Å². The second-order valence-corrected chi connectivity index (χ2v) is 6.03. The smallest absolute Gasteiger partial charge is 0.0648 e. The standard InChI is InChI=1S/C13H24N2O/c1-13(6-8-16-10-13)15-7-2-3-12(9-15)14-11-4-5-11/h11-12,14H,2-10H2,1H3. The molecular weight excluding hydrogens is 200 g/mol. The van der Waals surface area contributed by atoms with Crippen molar-refractivity contribution in [1.29, 1.82) is 0 Å². The van der Waals surface area contributed by atoms with Gasteiger partial charge in [-0.25, -0.2) is 0 Å². The lowest BCUT2D eigenvalue weighted by atomic mass is 9.94. The van der Waals surface area contributed by atoms with Gasteiger partial charge >= 0.3 is 0 Å². The molecule has 3 nitrogen and oxygen atoms in total. The van der Waals surface area contributed by atoms with Gasteiger partial charge in [-0.2, -0.15) is 0 Å². The van der Waals surface area contributed by atoms with Crippen molar-refractivity contribution in [3.8, 4) is 0 Å². The molecule has 0 aromatic carbocycles. The summed E-state index contributed by atoms with van der Waals surface area (Å²) >= 11 is 0. The van der Waals surface area contributed by atoms with Gasteiger partial charge in [-0.1, -0.05) is 0 Å². The van der Waals surface area contributed by atoms with Crippen molar-refractivity contribution in [2.75, 3.05) is 26.3 Å². The Labute approximate surface area is 98.5 Å².